The second-order valence-corrected chi connectivity index (χ2v) is 12.6. The summed E-state index contributed by atoms with van der Waals surface area (Å²) >= 11 is 1.37. The molecular weight excluding hydrogens is 578 g/mol. The van der Waals surface area contributed by atoms with Crippen molar-refractivity contribution in [2.24, 2.45) is 5.92 Å². The molecule has 1 aliphatic heterocycles. The van der Waals surface area contributed by atoms with E-state index in [1.54, 1.807) is 13.8 Å². The predicted molar refractivity (Wildman–Crippen MR) is 168 cm³/mol. The predicted octanol–water partition coefficient (Wildman–Crippen LogP) is 3.00. The van der Waals surface area contributed by atoms with Gasteiger partial charge in [-0.2, -0.15) is 5.10 Å². The fourth-order valence-electron chi connectivity index (χ4n) is 5.24. The molecule has 3 N–H and O–H groups in total. The van der Waals surface area contributed by atoms with Crippen LogP contribution in [0.2, 0.25) is 0 Å². The number of rotatable bonds is 4. The van der Waals surface area contributed by atoms with Crippen LogP contribution in [0.5, 0.6) is 0 Å². The lowest BCUT2D eigenvalue weighted by atomic mass is 10.0. The van der Waals surface area contributed by atoms with Gasteiger partial charge in [0.2, 0.25) is 17.7 Å². The molecule has 4 amide bonds. The molecule has 44 heavy (non-hydrogen) atoms. The number of hydrogen-bond donors (Lipinski definition) is 3. The van der Waals surface area contributed by atoms with Gasteiger partial charge in [-0.05, 0) is 49.3 Å². The topological polar surface area (TPSA) is 138 Å². The van der Waals surface area contributed by atoms with E-state index in [4.69, 9.17) is 0 Å². The molecule has 11 nitrogen and oxygen atoms in total. The first-order valence-corrected chi connectivity index (χ1v) is 15.5. The molecule has 0 bridgehead atoms. The Kier molecular flexibility index (Phi) is 9.38. The van der Waals surface area contributed by atoms with Crippen LogP contribution in [0.3, 0.4) is 0 Å². The third kappa shape index (κ3) is 7.31. The second kappa shape index (κ2) is 13.4. The van der Waals surface area contributed by atoms with Crippen molar-refractivity contribution in [3.05, 3.63) is 82.8 Å². The van der Waals surface area contributed by atoms with Crippen LogP contribution in [0, 0.1) is 12.8 Å². The van der Waals surface area contributed by atoms with Gasteiger partial charge in [-0.15, -0.1) is 11.3 Å². The number of fused-ring (bicyclic) bond motifs is 2. The monoisotopic (exact) mass is 615 g/mol. The largest absolute Gasteiger partial charge is 0.350 e. The Morgan fingerprint density at radius 3 is 2.41 bits per heavy atom. The maximum absolute atomic E-state index is 14.0. The lowest BCUT2D eigenvalue weighted by molar-refractivity contribution is -0.129. The summed E-state index contributed by atoms with van der Waals surface area (Å²) in [5.74, 6) is -0.720. The van der Waals surface area contributed by atoms with Gasteiger partial charge in [0.15, 0.2) is 5.82 Å². The average Bonchev–Trinajstić information content (AvgIpc) is 3.58. The Morgan fingerprint density at radius 1 is 0.977 bits per heavy atom. The van der Waals surface area contributed by atoms with E-state index in [9.17, 15) is 19.2 Å². The van der Waals surface area contributed by atoms with Crippen LogP contribution in [-0.2, 0) is 27.3 Å². The number of amides is 4. The third-order valence-corrected chi connectivity index (χ3v) is 8.71. The Bertz CT molecular complexity index is 1630. The normalized spacial score (nSPS) is 20.3. The van der Waals surface area contributed by atoms with Crippen LogP contribution in [0.1, 0.15) is 53.7 Å². The van der Waals surface area contributed by atoms with Gasteiger partial charge in [0.25, 0.3) is 5.91 Å². The number of nitrogens with one attached hydrogen (secondary N) is 3. The summed E-state index contributed by atoms with van der Waals surface area (Å²) < 4.78 is 2.43. The molecule has 2 aromatic carbocycles. The van der Waals surface area contributed by atoms with Crippen molar-refractivity contribution in [1.29, 1.82) is 0 Å². The Labute approximate surface area is 260 Å². The maximum atomic E-state index is 14.0. The molecule has 5 rings (SSSR count). The van der Waals surface area contributed by atoms with Gasteiger partial charge in [0, 0.05) is 17.3 Å². The van der Waals surface area contributed by atoms with Crippen molar-refractivity contribution in [2.75, 3.05) is 13.1 Å². The minimum Gasteiger partial charge on any atom is -0.350 e. The smallest absolute Gasteiger partial charge is 0.264 e. The van der Waals surface area contributed by atoms with Gasteiger partial charge < -0.3 is 20.9 Å². The summed E-state index contributed by atoms with van der Waals surface area (Å²) in [6.07, 6.45) is 0.391. The Balaban J connectivity index is 1.53. The quantitative estimate of drug-likeness (QED) is 0.323. The van der Waals surface area contributed by atoms with Crippen LogP contribution in [-0.4, -0.2) is 68.5 Å². The van der Waals surface area contributed by atoms with Gasteiger partial charge >= 0.3 is 0 Å². The molecule has 0 unspecified atom stereocenters. The highest BCUT2D eigenvalue weighted by atomic mass is 32.1. The van der Waals surface area contributed by atoms with Crippen LogP contribution in [0.15, 0.2) is 60.7 Å². The highest BCUT2D eigenvalue weighted by molar-refractivity contribution is 7.20. The molecule has 230 valence electrons. The van der Waals surface area contributed by atoms with Crippen molar-refractivity contribution in [1.82, 2.24) is 35.6 Å². The fraction of sp³-hybridized carbons (Fsp3) is 0.375. The Hall–Kier alpha value is -4.58. The van der Waals surface area contributed by atoms with E-state index >= 15 is 0 Å². The minimum atomic E-state index is -0.839. The van der Waals surface area contributed by atoms with E-state index in [-0.39, 0.29) is 37.4 Å². The molecule has 0 saturated carbocycles. The summed E-state index contributed by atoms with van der Waals surface area (Å²) in [5.41, 5.74) is 0.953. The molecule has 0 radical (unpaired) electrons. The first-order valence-electron chi connectivity index (χ1n) is 14.7. The highest BCUT2D eigenvalue weighted by Gasteiger charge is 2.31. The summed E-state index contributed by atoms with van der Waals surface area (Å²) in [5, 5.41) is 14.2. The van der Waals surface area contributed by atoms with E-state index in [0.29, 0.717) is 22.9 Å². The highest BCUT2D eigenvalue weighted by Crippen LogP contribution is 2.27. The molecule has 3 atom stereocenters. The SMILES string of the molecule is Cc1nc2n(n1)CC(=O)N[C@H](C)C(=O)N[C@@H](C(C)C)CN(C(=O)c1cc3ccccc3s1)CC(=O)N[C@H]2Cc1ccccc1. The van der Waals surface area contributed by atoms with Crippen LogP contribution in [0.4, 0.5) is 0 Å². The molecule has 0 fully saturated rings. The first kappa shape index (κ1) is 30.9. The van der Waals surface area contributed by atoms with Crippen LogP contribution in [0.25, 0.3) is 10.1 Å². The van der Waals surface area contributed by atoms with E-state index in [2.05, 4.69) is 26.0 Å². The maximum Gasteiger partial charge on any atom is 0.264 e. The van der Waals surface area contributed by atoms with Gasteiger partial charge in [0.1, 0.15) is 18.4 Å². The molecule has 1 aliphatic rings. The molecule has 4 aromatic rings. The molecule has 3 heterocycles. The minimum absolute atomic E-state index is 0.0683. The third-order valence-electron chi connectivity index (χ3n) is 7.61. The van der Waals surface area contributed by atoms with Crippen molar-refractivity contribution < 1.29 is 19.2 Å². The molecule has 0 saturated heterocycles. The van der Waals surface area contributed by atoms with Crippen LogP contribution < -0.4 is 16.0 Å². The van der Waals surface area contributed by atoms with Crippen molar-refractivity contribution in [2.45, 2.75) is 58.8 Å². The van der Waals surface area contributed by atoms with Crippen molar-refractivity contribution in [3.8, 4) is 0 Å². The van der Waals surface area contributed by atoms with E-state index in [1.807, 2.05) is 74.5 Å². The van der Waals surface area contributed by atoms with E-state index in [0.717, 1.165) is 15.6 Å². The number of carbonyl (C=O) groups is 4. The zero-order chi connectivity index (χ0) is 31.4. The molecule has 0 spiro atoms. The average molecular weight is 616 g/mol. The van der Waals surface area contributed by atoms with E-state index < -0.39 is 29.9 Å². The number of aryl methyl sites for hydroxylation is 1. The summed E-state index contributed by atoms with van der Waals surface area (Å²) in [4.78, 5) is 60.6. The van der Waals surface area contributed by atoms with Gasteiger partial charge in [-0.1, -0.05) is 62.4 Å². The number of nitrogens with zero attached hydrogens (tertiary/aromatic N) is 4. The second-order valence-electron chi connectivity index (χ2n) is 11.5. The van der Waals surface area contributed by atoms with E-state index in [1.165, 1.54) is 20.9 Å². The summed E-state index contributed by atoms with van der Waals surface area (Å²) in [7, 11) is 0. The lowest BCUT2D eigenvalue weighted by Gasteiger charge is -2.31. The van der Waals surface area contributed by atoms with Gasteiger partial charge in [-0.25, -0.2) is 9.67 Å². The zero-order valence-electron chi connectivity index (χ0n) is 25.2. The molecular formula is C32H37N7O4S. The summed E-state index contributed by atoms with van der Waals surface area (Å²) in [6.45, 7) is 6.88. The molecule has 12 heteroatoms. The zero-order valence-corrected chi connectivity index (χ0v) is 26.1. The first-order chi connectivity index (χ1) is 21.1. The lowest BCUT2D eigenvalue weighted by Crippen LogP contribution is -2.54. The number of carbonyl (C=O) groups excluding carboxylic acids is 4. The fourth-order valence-corrected chi connectivity index (χ4v) is 6.27. The van der Waals surface area contributed by atoms with Gasteiger partial charge in [0.05, 0.1) is 17.5 Å². The van der Waals surface area contributed by atoms with Crippen molar-refractivity contribution in [3.63, 3.8) is 0 Å². The number of thiophene rings is 1. The Morgan fingerprint density at radius 2 is 1.68 bits per heavy atom. The number of aromatic nitrogens is 3. The van der Waals surface area contributed by atoms with Crippen LogP contribution >= 0.6 is 11.3 Å². The number of benzene rings is 2. The summed E-state index contributed by atoms with van der Waals surface area (Å²) in [6, 6.07) is 17.3. The number of hydrogen-bond acceptors (Lipinski definition) is 7. The van der Waals surface area contributed by atoms with Crippen molar-refractivity contribution >= 4 is 45.1 Å². The molecule has 2 aromatic heterocycles. The van der Waals surface area contributed by atoms with Gasteiger partial charge in [-0.3, -0.25) is 19.2 Å². The molecule has 0 aliphatic carbocycles. The standard InChI is InChI=1S/C32H37N7O4S/c1-19(2)25-16-38(32(43)27-15-23-12-8-9-13-26(23)44-27)17-28(40)35-24(14-22-10-6-5-7-11-22)30-34-21(4)37-39(30)18-29(41)33-20(3)31(42)36-25/h5-13,15,19-20,24-25H,14,16-18H2,1-4H3,(H,33,41)(H,35,40)(H,36,42)/t20-,24+,25-/m1/s1.